The largest absolute Gasteiger partial charge is 0.497 e. The molecule has 108 valence electrons. The van der Waals surface area contributed by atoms with Crippen molar-refractivity contribution in [2.75, 3.05) is 12.8 Å². The monoisotopic (exact) mass is 290 g/mol. The number of furan rings is 1. The van der Waals surface area contributed by atoms with E-state index in [9.17, 15) is 5.26 Å². The SMILES string of the molecule is COc1ccc(-c2oc(N)c(C#N)c2-c2ccccc2)cc1. The molecule has 22 heavy (non-hydrogen) atoms. The van der Waals surface area contributed by atoms with Crippen molar-refractivity contribution in [3.8, 4) is 34.3 Å². The molecule has 0 amide bonds. The fourth-order valence-corrected chi connectivity index (χ4v) is 2.39. The lowest BCUT2D eigenvalue weighted by molar-refractivity contribution is 0.415. The molecule has 0 aliphatic heterocycles. The minimum absolute atomic E-state index is 0.132. The number of nitriles is 1. The van der Waals surface area contributed by atoms with Crippen LogP contribution in [0.5, 0.6) is 5.75 Å². The molecule has 0 aliphatic rings. The van der Waals surface area contributed by atoms with E-state index in [1.165, 1.54) is 0 Å². The minimum Gasteiger partial charge on any atom is -0.497 e. The Morgan fingerprint density at radius 3 is 2.27 bits per heavy atom. The van der Waals surface area contributed by atoms with E-state index in [2.05, 4.69) is 6.07 Å². The summed E-state index contributed by atoms with van der Waals surface area (Å²) in [7, 11) is 1.61. The van der Waals surface area contributed by atoms with Crippen LogP contribution in [0, 0.1) is 11.3 Å². The zero-order valence-corrected chi connectivity index (χ0v) is 12.0. The predicted octanol–water partition coefficient (Wildman–Crippen LogP) is 4.08. The van der Waals surface area contributed by atoms with Crippen molar-refractivity contribution in [3.05, 3.63) is 60.2 Å². The Balaban J connectivity index is 2.22. The van der Waals surface area contributed by atoms with Crippen LogP contribution in [0.2, 0.25) is 0 Å². The highest BCUT2D eigenvalue weighted by Crippen LogP contribution is 2.40. The molecule has 4 heteroatoms. The number of nitrogen functional groups attached to an aromatic ring is 1. The standard InChI is InChI=1S/C18H14N2O2/c1-21-14-9-7-13(8-10-14)17-16(12-5-3-2-4-6-12)15(11-19)18(20)22-17/h2-10H,20H2,1H3. The third-order valence-electron chi connectivity index (χ3n) is 3.46. The normalized spacial score (nSPS) is 10.2. The summed E-state index contributed by atoms with van der Waals surface area (Å²) >= 11 is 0. The molecule has 0 saturated heterocycles. The maximum atomic E-state index is 9.39. The Labute approximate surface area is 128 Å². The summed E-state index contributed by atoms with van der Waals surface area (Å²) in [5.74, 6) is 1.47. The smallest absolute Gasteiger partial charge is 0.209 e. The van der Waals surface area contributed by atoms with Gasteiger partial charge in [-0.1, -0.05) is 30.3 Å². The van der Waals surface area contributed by atoms with Gasteiger partial charge in [0.1, 0.15) is 23.1 Å². The summed E-state index contributed by atoms with van der Waals surface area (Å²) in [6.45, 7) is 0. The molecule has 0 spiro atoms. The molecule has 3 aromatic rings. The Bertz CT molecular complexity index is 828. The maximum Gasteiger partial charge on any atom is 0.209 e. The zero-order valence-electron chi connectivity index (χ0n) is 12.0. The molecule has 0 saturated carbocycles. The lowest BCUT2D eigenvalue weighted by atomic mass is 9.98. The van der Waals surface area contributed by atoms with Gasteiger partial charge in [0.05, 0.1) is 7.11 Å². The number of hydrogen-bond acceptors (Lipinski definition) is 4. The minimum atomic E-state index is 0.132. The second-order valence-corrected chi connectivity index (χ2v) is 4.75. The number of methoxy groups -OCH3 is 1. The first-order valence-corrected chi connectivity index (χ1v) is 6.76. The van der Waals surface area contributed by atoms with Crippen LogP contribution in [0.1, 0.15) is 5.56 Å². The van der Waals surface area contributed by atoms with Crippen LogP contribution in [0.25, 0.3) is 22.5 Å². The summed E-state index contributed by atoms with van der Waals surface area (Å²) in [4.78, 5) is 0. The van der Waals surface area contributed by atoms with E-state index in [1.807, 2.05) is 54.6 Å². The van der Waals surface area contributed by atoms with Gasteiger partial charge in [0.2, 0.25) is 5.88 Å². The second-order valence-electron chi connectivity index (χ2n) is 4.75. The van der Waals surface area contributed by atoms with E-state index in [1.54, 1.807) is 7.11 Å². The Kier molecular flexibility index (Phi) is 3.55. The summed E-state index contributed by atoms with van der Waals surface area (Å²) in [5.41, 5.74) is 8.68. The molecule has 0 fully saturated rings. The van der Waals surface area contributed by atoms with Crippen molar-refractivity contribution in [2.24, 2.45) is 0 Å². The van der Waals surface area contributed by atoms with Crippen LogP contribution >= 0.6 is 0 Å². The molecule has 4 nitrogen and oxygen atoms in total. The fourth-order valence-electron chi connectivity index (χ4n) is 2.39. The molecular formula is C18H14N2O2. The maximum absolute atomic E-state index is 9.39. The summed E-state index contributed by atoms with van der Waals surface area (Å²) in [6, 6.07) is 19.2. The molecular weight excluding hydrogens is 276 g/mol. The number of hydrogen-bond donors (Lipinski definition) is 1. The van der Waals surface area contributed by atoms with Crippen LogP contribution in [0.4, 0.5) is 5.88 Å². The van der Waals surface area contributed by atoms with Crippen molar-refractivity contribution in [1.82, 2.24) is 0 Å². The van der Waals surface area contributed by atoms with Gasteiger partial charge in [-0.15, -0.1) is 0 Å². The lowest BCUT2D eigenvalue weighted by Gasteiger charge is -2.05. The zero-order chi connectivity index (χ0) is 15.5. The van der Waals surface area contributed by atoms with Crippen molar-refractivity contribution in [1.29, 1.82) is 5.26 Å². The van der Waals surface area contributed by atoms with Gasteiger partial charge in [0.15, 0.2) is 0 Å². The van der Waals surface area contributed by atoms with Crippen molar-refractivity contribution >= 4 is 5.88 Å². The summed E-state index contributed by atoms with van der Waals surface area (Å²) < 4.78 is 10.8. The van der Waals surface area contributed by atoms with Crippen LogP contribution < -0.4 is 10.5 Å². The molecule has 1 aromatic heterocycles. The fraction of sp³-hybridized carbons (Fsp3) is 0.0556. The number of anilines is 1. The first-order chi connectivity index (χ1) is 10.7. The third-order valence-corrected chi connectivity index (χ3v) is 3.46. The highest BCUT2D eigenvalue weighted by molar-refractivity contribution is 5.87. The van der Waals surface area contributed by atoms with Gasteiger partial charge in [0, 0.05) is 11.1 Å². The van der Waals surface area contributed by atoms with E-state index in [0.717, 1.165) is 16.9 Å². The molecule has 0 atom stereocenters. The van der Waals surface area contributed by atoms with Crippen LogP contribution in [-0.2, 0) is 0 Å². The Morgan fingerprint density at radius 2 is 1.68 bits per heavy atom. The van der Waals surface area contributed by atoms with E-state index >= 15 is 0 Å². The molecule has 0 unspecified atom stereocenters. The van der Waals surface area contributed by atoms with E-state index < -0.39 is 0 Å². The number of rotatable bonds is 3. The average Bonchev–Trinajstić information content (AvgIpc) is 2.92. The molecule has 3 rings (SSSR count). The van der Waals surface area contributed by atoms with E-state index in [0.29, 0.717) is 16.9 Å². The molecule has 0 aliphatic carbocycles. The molecule has 2 N–H and O–H groups in total. The molecule has 0 radical (unpaired) electrons. The highest BCUT2D eigenvalue weighted by atomic mass is 16.5. The molecule has 0 bridgehead atoms. The second kappa shape index (κ2) is 5.66. The first-order valence-electron chi connectivity index (χ1n) is 6.76. The Morgan fingerprint density at radius 1 is 1.00 bits per heavy atom. The van der Waals surface area contributed by atoms with E-state index in [4.69, 9.17) is 14.9 Å². The van der Waals surface area contributed by atoms with Gasteiger partial charge in [-0.2, -0.15) is 5.26 Å². The summed E-state index contributed by atoms with van der Waals surface area (Å²) in [6.07, 6.45) is 0. The van der Waals surface area contributed by atoms with Crippen molar-refractivity contribution in [3.63, 3.8) is 0 Å². The van der Waals surface area contributed by atoms with Gasteiger partial charge in [-0.05, 0) is 29.8 Å². The van der Waals surface area contributed by atoms with E-state index in [-0.39, 0.29) is 5.88 Å². The average molecular weight is 290 g/mol. The summed E-state index contributed by atoms with van der Waals surface area (Å²) in [5, 5.41) is 9.39. The first kappa shape index (κ1) is 13.8. The quantitative estimate of drug-likeness (QED) is 0.789. The molecule has 1 heterocycles. The number of nitrogens with two attached hydrogens (primary N) is 1. The third kappa shape index (κ3) is 2.29. The highest BCUT2D eigenvalue weighted by Gasteiger charge is 2.21. The van der Waals surface area contributed by atoms with Gasteiger partial charge in [-0.3, -0.25) is 0 Å². The predicted molar refractivity (Wildman–Crippen MR) is 85.3 cm³/mol. The topological polar surface area (TPSA) is 72.2 Å². The van der Waals surface area contributed by atoms with Crippen LogP contribution in [-0.4, -0.2) is 7.11 Å². The number of ether oxygens (including phenoxy) is 1. The Hall–Kier alpha value is -3.19. The number of benzene rings is 2. The van der Waals surface area contributed by atoms with Gasteiger partial charge >= 0.3 is 0 Å². The van der Waals surface area contributed by atoms with Crippen LogP contribution in [0.3, 0.4) is 0 Å². The lowest BCUT2D eigenvalue weighted by Crippen LogP contribution is -1.86. The molecule has 2 aromatic carbocycles. The number of nitrogens with zero attached hydrogens (tertiary/aromatic N) is 1. The van der Waals surface area contributed by atoms with Crippen LogP contribution in [0.15, 0.2) is 59.0 Å². The van der Waals surface area contributed by atoms with Gasteiger partial charge in [-0.25, -0.2) is 0 Å². The van der Waals surface area contributed by atoms with Gasteiger partial charge in [0.25, 0.3) is 0 Å². The van der Waals surface area contributed by atoms with Crippen molar-refractivity contribution in [2.45, 2.75) is 0 Å². The van der Waals surface area contributed by atoms with Gasteiger partial charge < -0.3 is 14.9 Å². The van der Waals surface area contributed by atoms with Crippen molar-refractivity contribution < 1.29 is 9.15 Å².